The Morgan fingerprint density at radius 3 is 2.35 bits per heavy atom. The fourth-order valence-corrected chi connectivity index (χ4v) is 4.99. The molecule has 0 atom stereocenters. The highest BCUT2D eigenvalue weighted by atomic mass is 28.3. The molecule has 4 nitrogen and oxygen atoms in total. The number of nitrogens with zero attached hydrogens (tertiary/aromatic N) is 2. The average molecular weight is 333 g/mol. The van der Waals surface area contributed by atoms with Crippen LogP contribution in [0, 0.1) is 13.8 Å². The number of hydrogen-bond acceptors (Lipinski definition) is 3. The second-order valence-corrected chi connectivity index (χ2v) is 12.9. The van der Waals surface area contributed by atoms with Crippen LogP contribution in [0.1, 0.15) is 44.4 Å². The lowest BCUT2D eigenvalue weighted by Crippen LogP contribution is -2.57. The summed E-state index contributed by atoms with van der Waals surface area (Å²) in [5.74, 6) is -0.0197. The van der Waals surface area contributed by atoms with Crippen molar-refractivity contribution in [2.75, 3.05) is 11.2 Å². The van der Waals surface area contributed by atoms with Crippen LogP contribution in [0.25, 0.3) is 0 Å². The number of fused-ring (bicyclic) bond motifs is 1. The second kappa shape index (κ2) is 5.78. The van der Waals surface area contributed by atoms with Gasteiger partial charge in [-0.2, -0.15) is 0 Å². The lowest BCUT2D eigenvalue weighted by Gasteiger charge is -2.44. The Kier molecular flexibility index (Phi) is 4.46. The average Bonchev–Trinajstić information content (AvgIpc) is 2.68. The van der Waals surface area contributed by atoms with Crippen molar-refractivity contribution in [3.05, 3.63) is 28.8 Å². The van der Waals surface area contributed by atoms with E-state index in [1.165, 1.54) is 0 Å². The third kappa shape index (κ3) is 2.82. The molecule has 0 aromatic heterocycles. The summed E-state index contributed by atoms with van der Waals surface area (Å²) in [5, 5.41) is 4.19. The fraction of sp³-hybridized carbons (Fsp3) is 0.556. The SMILES string of the molecule is CCO/N=C1/C(=O)N([Si](C)(C)C(C)(C)C)c2c(C)cc(C)cc21. The van der Waals surface area contributed by atoms with Crippen LogP contribution in [0.5, 0.6) is 0 Å². The van der Waals surface area contributed by atoms with Crippen molar-refractivity contribution in [3.8, 4) is 0 Å². The van der Waals surface area contributed by atoms with Gasteiger partial charge >= 0.3 is 0 Å². The van der Waals surface area contributed by atoms with E-state index in [0.717, 1.165) is 22.4 Å². The Morgan fingerprint density at radius 1 is 1.22 bits per heavy atom. The number of carbonyl (C=O) groups excluding carboxylic acids is 1. The van der Waals surface area contributed by atoms with Crippen molar-refractivity contribution >= 4 is 25.5 Å². The molecule has 0 saturated carbocycles. The highest BCUT2D eigenvalue weighted by Gasteiger charge is 2.50. The Hall–Kier alpha value is -1.62. The van der Waals surface area contributed by atoms with E-state index < -0.39 is 8.24 Å². The summed E-state index contributed by atoms with van der Waals surface area (Å²) in [6, 6.07) is 4.18. The van der Waals surface area contributed by atoms with Crippen molar-refractivity contribution < 1.29 is 9.63 Å². The zero-order valence-corrected chi connectivity index (χ0v) is 16.6. The van der Waals surface area contributed by atoms with E-state index in [0.29, 0.717) is 12.3 Å². The van der Waals surface area contributed by atoms with Gasteiger partial charge in [-0.05, 0) is 37.4 Å². The summed E-state index contributed by atoms with van der Waals surface area (Å²) in [4.78, 5) is 18.4. The molecule has 0 aliphatic carbocycles. The van der Waals surface area contributed by atoms with Gasteiger partial charge in [0.15, 0.2) is 13.9 Å². The third-order valence-electron chi connectivity index (χ3n) is 5.01. The molecule has 1 aliphatic rings. The van der Waals surface area contributed by atoms with Crippen molar-refractivity contribution in [2.45, 2.75) is 59.7 Å². The van der Waals surface area contributed by atoms with E-state index in [1.54, 1.807) is 0 Å². The molecule has 5 heteroatoms. The molecule has 1 aromatic carbocycles. The van der Waals surface area contributed by atoms with Gasteiger partial charge in [-0.15, -0.1) is 0 Å². The minimum absolute atomic E-state index is 0.0197. The first-order valence-corrected chi connectivity index (χ1v) is 11.1. The minimum Gasteiger partial charge on any atom is -0.395 e. The van der Waals surface area contributed by atoms with E-state index in [2.05, 4.69) is 52.0 Å². The molecule has 0 bridgehead atoms. The van der Waals surface area contributed by atoms with Crippen molar-refractivity contribution in [1.82, 2.24) is 0 Å². The third-order valence-corrected chi connectivity index (χ3v) is 10.2. The molecule has 1 aromatic rings. The lowest BCUT2D eigenvalue weighted by atomic mass is 10.0. The number of aryl methyl sites for hydroxylation is 2. The molecule has 0 saturated heterocycles. The molecule has 1 aliphatic heterocycles. The van der Waals surface area contributed by atoms with Gasteiger partial charge in [0.05, 0.1) is 0 Å². The topological polar surface area (TPSA) is 41.9 Å². The van der Waals surface area contributed by atoms with Crippen LogP contribution >= 0.6 is 0 Å². The standard InChI is InChI=1S/C18H28N2O2Si/c1-9-22-19-15-14-11-12(2)10-13(3)16(14)20(17(15)21)23(7,8)18(4,5)6/h10-11H,9H2,1-8H3/b19-15+. The van der Waals surface area contributed by atoms with E-state index in [9.17, 15) is 4.79 Å². The molecule has 0 fully saturated rings. The number of carbonyl (C=O) groups is 1. The fourth-order valence-electron chi connectivity index (χ4n) is 2.85. The molecular formula is C18H28N2O2Si. The molecule has 1 amide bonds. The summed E-state index contributed by atoms with van der Waals surface area (Å²) < 4.78 is 2.04. The molecular weight excluding hydrogens is 304 g/mol. The number of oxime groups is 1. The van der Waals surface area contributed by atoms with E-state index in [-0.39, 0.29) is 10.9 Å². The number of amides is 1. The van der Waals surface area contributed by atoms with E-state index in [4.69, 9.17) is 4.84 Å². The Labute approximate surface area is 140 Å². The summed E-state index contributed by atoms with van der Waals surface area (Å²) in [6.07, 6.45) is 0. The highest BCUT2D eigenvalue weighted by Crippen LogP contribution is 2.45. The summed E-state index contributed by atoms with van der Waals surface area (Å²) in [7, 11) is -2.07. The molecule has 23 heavy (non-hydrogen) atoms. The van der Waals surface area contributed by atoms with Crippen LogP contribution in [0.4, 0.5) is 5.69 Å². The largest absolute Gasteiger partial charge is 0.395 e. The molecule has 0 unspecified atom stereocenters. The van der Waals surface area contributed by atoms with Gasteiger partial charge in [0, 0.05) is 11.3 Å². The first-order chi connectivity index (χ1) is 10.5. The van der Waals surface area contributed by atoms with Gasteiger partial charge in [0.1, 0.15) is 6.61 Å². The summed E-state index contributed by atoms with van der Waals surface area (Å²) in [6.45, 7) is 17.6. The molecule has 126 valence electrons. The molecule has 1 heterocycles. The smallest absolute Gasteiger partial charge is 0.273 e. The normalized spacial score (nSPS) is 17.0. The minimum atomic E-state index is -2.07. The maximum atomic E-state index is 13.2. The van der Waals surface area contributed by atoms with Crippen LogP contribution in [0.3, 0.4) is 0 Å². The maximum absolute atomic E-state index is 13.2. The Balaban J connectivity index is 2.72. The van der Waals surface area contributed by atoms with Crippen molar-refractivity contribution in [1.29, 1.82) is 0 Å². The van der Waals surface area contributed by atoms with Gasteiger partial charge in [-0.25, -0.2) is 0 Å². The zero-order chi connectivity index (χ0) is 17.6. The Morgan fingerprint density at radius 2 is 1.83 bits per heavy atom. The van der Waals surface area contributed by atoms with Crippen LogP contribution in [0.2, 0.25) is 18.1 Å². The second-order valence-electron chi connectivity index (χ2n) is 7.79. The first-order valence-electron chi connectivity index (χ1n) is 8.18. The molecule has 0 N–H and O–H groups in total. The highest BCUT2D eigenvalue weighted by molar-refractivity contribution is 6.90. The predicted octanol–water partition coefficient (Wildman–Crippen LogP) is 4.40. The predicted molar refractivity (Wildman–Crippen MR) is 98.8 cm³/mol. The number of hydrogen-bond donors (Lipinski definition) is 0. The monoisotopic (exact) mass is 332 g/mol. The number of benzene rings is 1. The van der Waals surface area contributed by atoms with Gasteiger partial charge in [-0.3, -0.25) is 4.79 Å². The molecule has 2 rings (SSSR count). The van der Waals surface area contributed by atoms with Crippen LogP contribution < -0.4 is 4.57 Å². The number of rotatable bonds is 3. The van der Waals surface area contributed by atoms with Gasteiger partial charge in [0.2, 0.25) is 0 Å². The number of anilines is 1. The van der Waals surface area contributed by atoms with Gasteiger partial charge in [-0.1, -0.05) is 50.7 Å². The van der Waals surface area contributed by atoms with Crippen LogP contribution in [-0.2, 0) is 9.63 Å². The van der Waals surface area contributed by atoms with E-state index in [1.807, 2.05) is 24.5 Å². The summed E-state index contributed by atoms with van der Waals surface area (Å²) >= 11 is 0. The van der Waals surface area contributed by atoms with Crippen LogP contribution in [-0.4, -0.2) is 26.5 Å². The first kappa shape index (κ1) is 17.7. The molecule has 0 spiro atoms. The van der Waals surface area contributed by atoms with Gasteiger partial charge in [0.25, 0.3) is 5.91 Å². The van der Waals surface area contributed by atoms with Crippen LogP contribution in [0.15, 0.2) is 17.3 Å². The maximum Gasteiger partial charge on any atom is 0.273 e. The van der Waals surface area contributed by atoms with Crippen molar-refractivity contribution in [2.24, 2.45) is 5.16 Å². The quantitative estimate of drug-likeness (QED) is 0.608. The summed E-state index contributed by atoms with van der Waals surface area (Å²) in [5.41, 5.74) is 4.63. The Bertz CT molecular complexity index is 672. The zero-order valence-electron chi connectivity index (χ0n) is 15.6. The molecule has 0 radical (unpaired) electrons. The van der Waals surface area contributed by atoms with Gasteiger partial charge < -0.3 is 9.40 Å². The lowest BCUT2D eigenvalue weighted by molar-refractivity contribution is -0.111. The van der Waals surface area contributed by atoms with E-state index >= 15 is 0 Å². The van der Waals surface area contributed by atoms with Crippen molar-refractivity contribution in [3.63, 3.8) is 0 Å².